The van der Waals surface area contributed by atoms with Gasteiger partial charge in [-0.05, 0) is 59.8 Å². The number of nitrogens with zero attached hydrogens (tertiary/aromatic N) is 1. The first-order chi connectivity index (χ1) is 17.8. The molecule has 0 atom stereocenters. The second kappa shape index (κ2) is 12.0. The fourth-order valence-electron chi connectivity index (χ4n) is 3.27. The number of hydrogen-bond donors (Lipinski definition) is 2. The zero-order valence-electron chi connectivity index (χ0n) is 19.1. The van der Waals surface area contributed by atoms with Crippen LogP contribution in [0.15, 0.2) is 77.7 Å². The first kappa shape index (κ1) is 26.3. The van der Waals surface area contributed by atoms with Crippen molar-refractivity contribution in [3.63, 3.8) is 0 Å². The zero-order valence-corrected chi connectivity index (χ0v) is 21.4. The quantitative estimate of drug-likeness (QED) is 0.346. The van der Waals surface area contributed by atoms with Gasteiger partial charge in [-0.2, -0.15) is 0 Å². The number of imide groups is 1. The van der Waals surface area contributed by atoms with Gasteiger partial charge in [-0.1, -0.05) is 59.6 Å². The molecule has 0 spiro atoms. The third kappa shape index (κ3) is 6.91. The van der Waals surface area contributed by atoms with E-state index < -0.39 is 29.5 Å². The Morgan fingerprint density at radius 1 is 0.892 bits per heavy atom. The van der Waals surface area contributed by atoms with Gasteiger partial charge in [0, 0.05) is 5.69 Å². The number of amides is 4. The lowest BCUT2D eigenvalue weighted by atomic mass is 10.2. The van der Waals surface area contributed by atoms with Crippen molar-refractivity contribution < 1.29 is 23.9 Å². The monoisotopic (exact) mass is 555 g/mol. The molecule has 188 valence electrons. The van der Waals surface area contributed by atoms with Gasteiger partial charge in [-0.15, -0.1) is 0 Å². The van der Waals surface area contributed by atoms with Crippen LogP contribution in [0.2, 0.25) is 10.0 Å². The van der Waals surface area contributed by atoms with E-state index in [2.05, 4.69) is 10.6 Å². The first-order valence-electron chi connectivity index (χ1n) is 10.9. The summed E-state index contributed by atoms with van der Waals surface area (Å²) in [5.74, 6) is -1.22. The average molecular weight is 556 g/mol. The third-order valence-corrected chi connectivity index (χ3v) is 6.53. The number of anilines is 2. The second-order valence-corrected chi connectivity index (χ2v) is 9.50. The molecule has 1 saturated heterocycles. The number of benzene rings is 3. The fourth-order valence-corrected chi connectivity index (χ4v) is 4.53. The number of rotatable bonds is 8. The summed E-state index contributed by atoms with van der Waals surface area (Å²) in [6.07, 6.45) is 1.50. The zero-order chi connectivity index (χ0) is 26.4. The van der Waals surface area contributed by atoms with Crippen LogP contribution in [-0.4, -0.2) is 41.0 Å². The SMILES string of the molecule is O=C(CN1C(=O)S/C(=C\c2ccc(OCC(=O)Nc3ccccc3Cl)c(Cl)c2)C1=O)Nc1ccccc1. The van der Waals surface area contributed by atoms with Gasteiger partial charge in [0.15, 0.2) is 6.61 Å². The summed E-state index contributed by atoms with van der Waals surface area (Å²) in [6.45, 7) is -0.699. The summed E-state index contributed by atoms with van der Waals surface area (Å²) in [4.78, 5) is 50.6. The Balaban J connectivity index is 1.35. The minimum atomic E-state index is -0.578. The highest BCUT2D eigenvalue weighted by Crippen LogP contribution is 2.34. The Labute approximate surface area is 226 Å². The molecule has 0 saturated carbocycles. The normalized spacial score (nSPS) is 14.1. The molecule has 0 bridgehead atoms. The highest BCUT2D eigenvalue weighted by molar-refractivity contribution is 8.18. The Hall–Kier alpha value is -3.79. The maximum absolute atomic E-state index is 12.7. The molecule has 1 fully saturated rings. The largest absolute Gasteiger partial charge is 0.482 e. The van der Waals surface area contributed by atoms with Gasteiger partial charge < -0.3 is 15.4 Å². The molecule has 0 aliphatic carbocycles. The molecule has 1 aliphatic heterocycles. The number of hydrogen-bond acceptors (Lipinski definition) is 6. The number of ether oxygens (including phenoxy) is 1. The highest BCUT2D eigenvalue weighted by Gasteiger charge is 2.36. The van der Waals surface area contributed by atoms with Crippen LogP contribution in [0.25, 0.3) is 6.08 Å². The Morgan fingerprint density at radius 3 is 2.35 bits per heavy atom. The van der Waals surface area contributed by atoms with Crippen molar-refractivity contribution in [2.24, 2.45) is 0 Å². The van der Waals surface area contributed by atoms with Gasteiger partial charge in [-0.3, -0.25) is 24.1 Å². The van der Waals surface area contributed by atoms with E-state index in [0.717, 1.165) is 16.7 Å². The molecule has 0 unspecified atom stereocenters. The van der Waals surface area contributed by atoms with Gasteiger partial charge in [0.25, 0.3) is 17.1 Å². The summed E-state index contributed by atoms with van der Waals surface area (Å²) in [5.41, 5.74) is 1.57. The Kier molecular flexibility index (Phi) is 8.50. The van der Waals surface area contributed by atoms with Crippen molar-refractivity contribution in [1.82, 2.24) is 4.90 Å². The highest BCUT2D eigenvalue weighted by atomic mass is 35.5. The van der Waals surface area contributed by atoms with Crippen molar-refractivity contribution in [1.29, 1.82) is 0 Å². The van der Waals surface area contributed by atoms with Crippen LogP contribution in [0.5, 0.6) is 5.75 Å². The molecule has 1 heterocycles. The number of para-hydroxylation sites is 2. The molecule has 4 amide bonds. The molecule has 2 N–H and O–H groups in total. The topological polar surface area (TPSA) is 105 Å². The van der Waals surface area contributed by atoms with Crippen molar-refractivity contribution in [3.05, 3.63) is 93.3 Å². The van der Waals surface area contributed by atoms with Crippen LogP contribution in [-0.2, 0) is 14.4 Å². The summed E-state index contributed by atoms with van der Waals surface area (Å²) in [6, 6.07) is 20.3. The van der Waals surface area contributed by atoms with E-state index in [1.54, 1.807) is 72.8 Å². The fraction of sp³-hybridized carbons (Fsp3) is 0.0769. The number of halogens is 2. The minimum Gasteiger partial charge on any atom is -0.482 e. The summed E-state index contributed by atoms with van der Waals surface area (Å²) < 4.78 is 5.50. The molecule has 11 heteroatoms. The van der Waals surface area contributed by atoms with Crippen LogP contribution >= 0.6 is 35.0 Å². The first-order valence-corrected chi connectivity index (χ1v) is 12.4. The van der Waals surface area contributed by atoms with E-state index in [4.69, 9.17) is 27.9 Å². The minimum absolute atomic E-state index is 0.154. The van der Waals surface area contributed by atoms with Gasteiger partial charge in [0.2, 0.25) is 5.91 Å². The van der Waals surface area contributed by atoms with E-state index in [0.29, 0.717) is 22.0 Å². The molecule has 0 radical (unpaired) electrons. The van der Waals surface area contributed by atoms with Crippen molar-refractivity contribution >= 4 is 75.4 Å². The molecule has 37 heavy (non-hydrogen) atoms. The van der Waals surface area contributed by atoms with E-state index in [1.807, 2.05) is 0 Å². The molecule has 8 nitrogen and oxygen atoms in total. The van der Waals surface area contributed by atoms with Gasteiger partial charge >= 0.3 is 0 Å². The van der Waals surface area contributed by atoms with Crippen molar-refractivity contribution in [2.75, 3.05) is 23.8 Å². The molecule has 0 aromatic heterocycles. The maximum Gasteiger partial charge on any atom is 0.294 e. The third-order valence-electron chi connectivity index (χ3n) is 4.99. The molecule has 1 aliphatic rings. The van der Waals surface area contributed by atoms with Crippen molar-refractivity contribution in [2.45, 2.75) is 0 Å². The van der Waals surface area contributed by atoms with Gasteiger partial charge in [0.05, 0.1) is 20.6 Å². The van der Waals surface area contributed by atoms with E-state index in [-0.39, 0.29) is 22.3 Å². The molecular formula is C26H19Cl2N3O5S. The predicted molar refractivity (Wildman–Crippen MR) is 145 cm³/mol. The van der Waals surface area contributed by atoms with Crippen molar-refractivity contribution in [3.8, 4) is 5.75 Å². The lowest BCUT2D eigenvalue weighted by Gasteiger charge is -2.12. The Bertz CT molecular complexity index is 1400. The van der Waals surface area contributed by atoms with E-state index in [1.165, 1.54) is 6.08 Å². The number of nitrogens with one attached hydrogen (secondary N) is 2. The predicted octanol–water partition coefficient (Wildman–Crippen LogP) is 5.69. The van der Waals surface area contributed by atoms with Crippen LogP contribution in [0.3, 0.4) is 0 Å². The van der Waals surface area contributed by atoms with Gasteiger partial charge in [-0.25, -0.2) is 0 Å². The number of carbonyl (C=O) groups is 4. The lowest BCUT2D eigenvalue weighted by molar-refractivity contribution is -0.127. The van der Waals surface area contributed by atoms with Crippen LogP contribution in [0.4, 0.5) is 16.2 Å². The smallest absolute Gasteiger partial charge is 0.294 e. The standard InChI is InChI=1S/C26H19Cl2N3O5S/c27-18-8-4-5-9-20(18)30-24(33)15-36-21-11-10-16(12-19(21)28)13-22-25(34)31(26(35)37-22)14-23(32)29-17-6-2-1-3-7-17/h1-13H,14-15H2,(H,29,32)(H,30,33)/b22-13-. The lowest BCUT2D eigenvalue weighted by Crippen LogP contribution is -2.36. The van der Waals surface area contributed by atoms with E-state index in [9.17, 15) is 19.2 Å². The molecule has 3 aromatic rings. The second-order valence-electron chi connectivity index (χ2n) is 7.69. The molecular weight excluding hydrogens is 537 g/mol. The van der Waals surface area contributed by atoms with E-state index >= 15 is 0 Å². The van der Waals surface area contributed by atoms with Gasteiger partial charge in [0.1, 0.15) is 12.3 Å². The number of carbonyl (C=O) groups excluding carboxylic acids is 4. The van der Waals surface area contributed by atoms with Crippen LogP contribution in [0, 0.1) is 0 Å². The summed E-state index contributed by atoms with van der Waals surface area (Å²) >= 11 is 13.1. The molecule has 4 rings (SSSR count). The summed E-state index contributed by atoms with van der Waals surface area (Å²) in [7, 11) is 0. The number of thioether (sulfide) groups is 1. The Morgan fingerprint density at radius 2 is 1.62 bits per heavy atom. The maximum atomic E-state index is 12.7. The van der Waals surface area contributed by atoms with Crippen LogP contribution < -0.4 is 15.4 Å². The summed E-state index contributed by atoms with van der Waals surface area (Å²) in [5, 5.41) is 5.35. The van der Waals surface area contributed by atoms with Crippen LogP contribution in [0.1, 0.15) is 5.56 Å². The molecule has 3 aromatic carbocycles. The average Bonchev–Trinajstić information content (AvgIpc) is 3.12.